The van der Waals surface area contributed by atoms with Gasteiger partial charge in [-0.1, -0.05) is 18.2 Å². The van der Waals surface area contributed by atoms with Crippen LogP contribution >= 0.6 is 0 Å². The first-order valence-corrected chi connectivity index (χ1v) is 12.2. The van der Waals surface area contributed by atoms with Crippen molar-refractivity contribution in [1.29, 1.82) is 0 Å². The van der Waals surface area contributed by atoms with Crippen molar-refractivity contribution in [3.05, 3.63) is 65.9 Å². The molecular weight excluding hydrogens is 527 g/mol. The number of hydrogen-bond acceptors (Lipinski definition) is 5. The smallest absolute Gasteiger partial charge is 0.416 e. The predicted octanol–water partition coefficient (Wildman–Crippen LogP) is 5.98. The van der Waals surface area contributed by atoms with Crippen LogP contribution in [0.25, 0.3) is 22.2 Å². The van der Waals surface area contributed by atoms with Crippen molar-refractivity contribution in [1.82, 2.24) is 19.7 Å². The molecule has 10 nitrogen and oxygen atoms in total. The van der Waals surface area contributed by atoms with Gasteiger partial charge in [0.05, 0.1) is 10.9 Å². The molecule has 1 aliphatic carbocycles. The minimum atomic E-state index is -4.49. The number of halogens is 3. The second kappa shape index (κ2) is 11.1. The van der Waals surface area contributed by atoms with E-state index < -0.39 is 23.9 Å². The number of nitrogens with two attached hydrogens (primary N) is 1. The van der Waals surface area contributed by atoms with Crippen LogP contribution in [0.1, 0.15) is 30.0 Å². The Morgan fingerprint density at radius 2 is 1.68 bits per heavy atom. The molecule has 0 unspecified atom stereocenters. The number of hydrogen-bond donors (Lipinski definition) is 4. The van der Waals surface area contributed by atoms with Gasteiger partial charge in [-0.25, -0.2) is 19.3 Å². The van der Waals surface area contributed by atoms with Crippen LogP contribution in [0.15, 0.2) is 54.6 Å². The largest absolute Gasteiger partial charge is 0.465 e. The molecule has 1 fully saturated rings. The average molecular weight is 556 g/mol. The number of carbonyl (C=O) groups excluding carboxylic acids is 1. The lowest BCUT2D eigenvalue weighted by Crippen LogP contribution is -2.19. The summed E-state index contributed by atoms with van der Waals surface area (Å²) in [6.07, 6.45) is -3.18. The number of nitrogens with zero attached hydrogens (tertiary/aromatic N) is 4. The van der Waals surface area contributed by atoms with E-state index in [-0.39, 0.29) is 5.69 Å². The molecule has 0 radical (unpaired) electrons. The van der Waals surface area contributed by atoms with Crippen molar-refractivity contribution in [2.75, 3.05) is 30.5 Å². The Bertz CT molecular complexity index is 1550. The lowest BCUT2D eigenvalue weighted by molar-refractivity contribution is -0.137. The summed E-state index contributed by atoms with van der Waals surface area (Å²) < 4.78 is 40.3. The molecule has 5 rings (SSSR count). The zero-order chi connectivity index (χ0) is 29.2. The van der Waals surface area contributed by atoms with E-state index in [1.807, 2.05) is 25.2 Å². The van der Waals surface area contributed by atoms with Gasteiger partial charge in [-0.3, -0.25) is 0 Å². The number of amides is 3. The van der Waals surface area contributed by atoms with Crippen LogP contribution in [0.5, 0.6) is 0 Å². The summed E-state index contributed by atoms with van der Waals surface area (Å²) in [7, 11) is 4.76. The molecule has 13 heteroatoms. The number of pyridine rings is 1. The van der Waals surface area contributed by atoms with Crippen molar-refractivity contribution < 1.29 is 27.9 Å². The number of fused-ring (bicyclic) bond motifs is 1. The Hall–Kier alpha value is -4.81. The summed E-state index contributed by atoms with van der Waals surface area (Å²) >= 11 is 0. The van der Waals surface area contributed by atoms with Gasteiger partial charge in [0.2, 0.25) is 0 Å². The van der Waals surface area contributed by atoms with E-state index in [9.17, 15) is 22.8 Å². The van der Waals surface area contributed by atoms with Crippen LogP contribution in [0, 0.1) is 0 Å². The van der Waals surface area contributed by atoms with Crippen molar-refractivity contribution >= 4 is 40.4 Å². The van der Waals surface area contributed by atoms with Gasteiger partial charge in [0.1, 0.15) is 0 Å². The van der Waals surface area contributed by atoms with Gasteiger partial charge in [-0.05, 0) is 60.4 Å². The Kier molecular flexibility index (Phi) is 7.84. The monoisotopic (exact) mass is 555 g/mol. The van der Waals surface area contributed by atoms with Crippen molar-refractivity contribution in [3.63, 3.8) is 0 Å². The lowest BCUT2D eigenvalue weighted by Gasteiger charge is -2.12. The SMILES string of the molecule is CN(C)C(=O)O.Cn1nc(N)c2c(-c3ccc(NC(=O)Nc4cccc(C(F)(F)F)c4)cc3)cc(C3CC3)nc21. The number of alkyl halides is 3. The van der Waals surface area contributed by atoms with E-state index in [0.717, 1.165) is 57.7 Å². The molecule has 0 spiro atoms. The highest BCUT2D eigenvalue weighted by molar-refractivity contribution is 6.02. The molecule has 0 aliphatic heterocycles. The molecule has 2 aromatic heterocycles. The fourth-order valence-corrected chi connectivity index (χ4v) is 3.91. The number of nitrogen functional groups attached to an aromatic ring is 1. The number of carboxylic acid groups (broad SMARTS) is 1. The third-order valence-corrected chi connectivity index (χ3v) is 6.12. The maximum atomic E-state index is 12.9. The van der Waals surface area contributed by atoms with E-state index in [0.29, 0.717) is 17.4 Å². The molecule has 0 bridgehead atoms. The minimum Gasteiger partial charge on any atom is -0.465 e. The molecule has 1 aliphatic rings. The maximum Gasteiger partial charge on any atom is 0.416 e. The number of benzene rings is 2. The summed E-state index contributed by atoms with van der Waals surface area (Å²) in [4.78, 5) is 27.8. The Morgan fingerprint density at radius 1 is 1.05 bits per heavy atom. The zero-order valence-corrected chi connectivity index (χ0v) is 22.0. The standard InChI is InChI=1S/C24H21F3N6O.C3H7NO2/c1-33-22-20(21(28)32-33)18(12-19(31-22)14-5-6-14)13-7-9-16(10-8-13)29-23(34)30-17-4-2-3-15(11-17)24(25,26)27;1-4(2)3(5)6/h2-4,7-12,14H,5-6H2,1H3,(H2,28,32)(H2,29,30,34);1-2H3,(H,5,6). The molecule has 5 N–H and O–H groups in total. The highest BCUT2D eigenvalue weighted by atomic mass is 19.4. The Balaban J connectivity index is 0.000000557. The number of rotatable bonds is 4. The number of anilines is 3. The molecule has 2 heterocycles. The average Bonchev–Trinajstić information content (AvgIpc) is 3.70. The summed E-state index contributed by atoms with van der Waals surface area (Å²) in [5, 5.41) is 18.1. The molecule has 3 amide bonds. The fourth-order valence-electron chi connectivity index (χ4n) is 3.91. The van der Waals surface area contributed by atoms with Crippen LogP contribution in [-0.2, 0) is 13.2 Å². The van der Waals surface area contributed by atoms with Gasteiger partial charge in [0, 0.05) is 44.1 Å². The minimum absolute atomic E-state index is 0.0442. The molecule has 1 saturated carbocycles. The highest BCUT2D eigenvalue weighted by Gasteiger charge is 2.30. The van der Waals surface area contributed by atoms with Gasteiger partial charge >= 0.3 is 18.3 Å². The topological polar surface area (TPSA) is 138 Å². The van der Waals surface area contributed by atoms with E-state index in [2.05, 4.69) is 15.7 Å². The number of aromatic nitrogens is 3. The summed E-state index contributed by atoms with van der Waals surface area (Å²) in [5.41, 5.74) is 9.38. The molecule has 0 saturated heterocycles. The Morgan fingerprint density at radius 3 is 2.25 bits per heavy atom. The molecule has 0 atom stereocenters. The molecule has 2 aromatic carbocycles. The third kappa shape index (κ3) is 6.60. The fraction of sp³-hybridized carbons (Fsp3) is 0.259. The van der Waals surface area contributed by atoms with Gasteiger partial charge < -0.3 is 26.4 Å². The molecule has 40 heavy (non-hydrogen) atoms. The summed E-state index contributed by atoms with van der Waals surface area (Å²) in [5.74, 6) is 0.838. The van der Waals surface area contributed by atoms with E-state index in [1.54, 1.807) is 16.8 Å². The molecule has 4 aromatic rings. The van der Waals surface area contributed by atoms with Crippen LogP contribution in [0.4, 0.5) is 40.0 Å². The van der Waals surface area contributed by atoms with E-state index in [1.165, 1.54) is 26.2 Å². The van der Waals surface area contributed by atoms with Crippen molar-refractivity contribution in [2.45, 2.75) is 24.9 Å². The van der Waals surface area contributed by atoms with Gasteiger partial charge in [0.25, 0.3) is 0 Å². The first-order valence-electron chi connectivity index (χ1n) is 12.2. The van der Waals surface area contributed by atoms with Gasteiger partial charge in [-0.15, -0.1) is 0 Å². The first-order chi connectivity index (χ1) is 18.8. The van der Waals surface area contributed by atoms with Crippen LogP contribution in [0.3, 0.4) is 0 Å². The quantitative estimate of drug-likeness (QED) is 0.244. The van der Waals surface area contributed by atoms with Gasteiger partial charge in [-0.2, -0.15) is 18.3 Å². The Labute approximate surface area is 227 Å². The second-order valence-electron chi connectivity index (χ2n) is 9.49. The molecular formula is C27H28F3N7O3. The summed E-state index contributed by atoms with van der Waals surface area (Å²) in [6.45, 7) is 0. The number of nitrogens with one attached hydrogen (secondary N) is 2. The first kappa shape index (κ1) is 28.2. The van der Waals surface area contributed by atoms with E-state index in [4.69, 9.17) is 15.8 Å². The third-order valence-electron chi connectivity index (χ3n) is 6.12. The van der Waals surface area contributed by atoms with Crippen LogP contribution in [0.2, 0.25) is 0 Å². The van der Waals surface area contributed by atoms with Crippen molar-refractivity contribution in [3.8, 4) is 11.1 Å². The van der Waals surface area contributed by atoms with Gasteiger partial charge in [0.15, 0.2) is 11.5 Å². The zero-order valence-electron chi connectivity index (χ0n) is 22.0. The number of urea groups is 1. The predicted molar refractivity (Wildman–Crippen MR) is 146 cm³/mol. The van der Waals surface area contributed by atoms with Crippen LogP contribution < -0.4 is 16.4 Å². The second-order valence-corrected chi connectivity index (χ2v) is 9.49. The van der Waals surface area contributed by atoms with E-state index >= 15 is 0 Å². The normalized spacial score (nSPS) is 12.8. The lowest BCUT2D eigenvalue weighted by atomic mass is 10.0. The van der Waals surface area contributed by atoms with Crippen LogP contribution in [-0.4, -0.2) is 51.0 Å². The number of aryl methyl sites for hydroxylation is 1. The summed E-state index contributed by atoms with van der Waals surface area (Å²) in [6, 6.07) is 13.0. The van der Waals surface area contributed by atoms with Crippen molar-refractivity contribution in [2.24, 2.45) is 7.05 Å². The maximum absolute atomic E-state index is 12.9. The molecule has 210 valence electrons. The highest BCUT2D eigenvalue weighted by Crippen LogP contribution is 2.42. The number of carbonyl (C=O) groups is 2.